The fourth-order valence-electron chi connectivity index (χ4n) is 6.17. The third kappa shape index (κ3) is 4.34. The van der Waals surface area contributed by atoms with Crippen molar-refractivity contribution in [3.63, 3.8) is 0 Å². The van der Waals surface area contributed by atoms with Gasteiger partial charge in [0.15, 0.2) is 5.71 Å². The maximum Gasteiger partial charge on any atom is 0.209 e. The molecule has 192 valence electrons. The van der Waals surface area contributed by atoms with Crippen molar-refractivity contribution >= 4 is 40.4 Å². The van der Waals surface area contributed by atoms with Crippen LogP contribution in [0, 0.1) is 0 Å². The van der Waals surface area contributed by atoms with Crippen molar-refractivity contribution in [2.24, 2.45) is 0 Å². The summed E-state index contributed by atoms with van der Waals surface area (Å²) in [6, 6.07) is 17.6. The smallest absolute Gasteiger partial charge is 0.209 e. The molecule has 3 heterocycles. The quantitative estimate of drug-likeness (QED) is 0.358. The summed E-state index contributed by atoms with van der Waals surface area (Å²) in [5.41, 5.74) is 10.4. The molecule has 0 fully saturated rings. The van der Waals surface area contributed by atoms with Crippen molar-refractivity contribution in [2.45, 2.75) is 52.4 Å². The van der Waals surface area contributed by atoms with E-state index < -0.39 is 0 Å². The van der Waals surface area contributed by atoms with Crippen LogP contribution in [0.2, 0.25) is 0 Å². The molecule has 5 rings (SSSR count). The molecule has 4 heteroatoms. The van der Waals surface area contributed by atoms with E-state index in [9.17, 15) is 0 Å². The number of rotatable bonds is 5. The maximum atomic E-state index is 7.06. The Bertz CT molecular complexity index is 1390. The Balaban J connectivity index is 1.48. The monoisotopic (exact) mass is 529 g/mol. The van der Waals surface area contributed by atoms with E-state index in [2.05, 4.69) is 124 Å². The lowest BCUT2D eigenvalue weighted by Gasteiger charge is -2.26. The second kappa shape index (κ2) is 10.0. The fourth-order valence-corrected chi connectivity index (χ4v) is 7.61. The summed E-state index contributed by atoms with van der Waals surface area (Å²) in [7, 11) is 0. The van der Waals surface area contributed by atoms with Crippen LogP contribution in [0.5, 0.6) is 0 Å². The zero-order valence-corrected chi connectivity index (χ0v) is 24.5. The van der Waals surface area contributed by atoms with Crippen molar-refractivity contribution in [1.29, 1.82) is 0 Å². The highest BCUT2D eigenvalue weighted by molar-refractivity contribution is 7.99. The van der Waals surface area contributed by atoms with E-state index in [1.165, 1.54) is 45.1 Å². The van der Waals surface area contributed by atoms with Gasteiger partial charge in [-0.2, -0.15) is 16.3 Å². The topological polar surface area (TPSA) is 6.25 Å². The van der Waals surface area contributed by atoms with Crippen molar-refractivity contribution in [2.75, 3.05) is 29.5 Å². The molecule has 3 aliphatic rings. The van der Waals surface area contributed by atoms with E-state index in [0.717, 1.165) is 29.6 Å². The molecule has 0 atom stereocenters. The minimum absolute atomic E-state index is 0.0340. The standard InChI is InChI=1S/C33H38ClN2S/c1-7-35-27-15-11-9-13-25(27)32(3,4)29(35)19-17-23-21-37-22-24(31(23)34)18-20-30-33(5,6)26-14-10-12-16-28(26)36(30)8-2/h9-20H,7-8,21-22H2,1-6H3/q+1. The first-order valence-electron chi connectivity index (χ1n) is 13.4. The van der Waals surface area contributed by atoms with Gasteiger partial charge in [0.1, 0.15) is 6.54 Å². The average Bonchev–Trinajstić information content (AvgIpc) is 3.25. The third-order valence-corrected chi connectivity index (χ3v) is 9.71. The van der Waals surface area contributed by atoms with Crippen LogP contribution in [-0.4, -0.2) is 34.9 Å². The van der Waals surface area contributed by atoms with Gasteiger partial charge in [0, 0.05) is 57.6 Å². The molecule has 0 unspecified atom stereocenters. The molecule has 3 aliphatic heterocycles. The number of halogens is 1. The van der Waals surface area contributed by atoms with Crippen LogP contribution < -0.4 is 4.90 Å². The van der Waals surface area contributed by atoms with Crippen LogP contribution in [0.15, 0.2) is 94.7 Å². The molecule has 0 spiro atoms. The number of hydrogen-bond acceptors (Lipinski definition) is 2. The van der Waals surface area contributed by atoms with Crippen LogP contribution in [0.25, 0.3) is 0 Å². The Morgan fingerprint density at radius 1 is 0.892 bits per heavy atom. The van der Waals surface area contributed by atoms with Gasteiger partial charge in [0.05, 0.1) is 5.41 Å². The Morgan fingerprint density at radius 2 is 1.59 bits per heavy atom. The van der Waals surface area contributed by atoms with E-state index in [4.69, 9.17) is 11.6 Å². The number of thioether (sulfide) groups is 1. The largest absolute Gasteiger partial charge is 0.344 e. The molecule has 0 aromatic heterocycles. The number of hydrogen-bond donors (Lipinski definition) is 0. The number of para-hydroxylation sites is 2. The molecule has 0 saturated heterocycles. The Morgan fingerprint density at radius 3 is 2.32 bits per heavy atom. The molecular weight excluding hydrogens is 492 g/mol. The van der Waals surface area contributed by atoms with Gasteiger partial charge in [0.25, 0.3) is 0 Å². The summed E-state index contributed by atoms with van der Waals surface area (Å²) >= 11 is 9.00. The summed E-state index contributed by atoms with van der Waals surface area (Å²) in [6.45, 7) is 15.7. The van der Waals surface area contributed by atoms with Gasteiger partial charge in [-0.15, -0.1) is 0 Å². The van der Waals surface area contributed by atoms with E-state index in [-0.39, 0.29) is 10.8 Å². The molecule has 2 nitrogen and oxygen atoms in total. The van der Waals surface area contributed by atoms with Gasteiger partial charge in [-0.05, 0) is 56.5 Å². The lowest BCUT2D eigenvalue weighted by molar-refractivity contribution is -0.433. The molecular formula is C33H38ClN2S+. The van der Waals surface area contributed by atoms with Crippen molar-refractivity contribution in [1.82, 2.24) is 0 Å². The summed E-state index contributed by atoms with van der Waals surface area (Å²) < 4.78 is 2.44. The number of anilines is 1. The van der Waals surface area contributed by atoms with Crippen molar-refractivity contribution in [3.8, 4) is 0 Å². The first kappa shape index (κ1) is 26.1. The van der Waals surface area contributed by atoms with Crippen LogP contribution in [0.1, 0.15) is 52.7 Å². The van der Waals surface area contributed by atoms with Gasteiger partial charge in [0.2, 0.25) is 5.69 Å². The second-order valence-corrected chi connectivity index (χ2v) is 12.4. The van der Waals surface area contributed by atoms with Crippen LogP contribution >= 0.6 is 23.4 Å². The molecule has 0 N–H and O–H groups in total. The third-order valence-electron chi connectivity index (χ3n) is 8.19. The molecule has 0 aliphatic carbocycles. The molecule has 37 heavy (non-hydrogen) atoms. The predicted molar refractivity (Wildman–Crippen MR) is 163 cm³/mol. The van der Waals surface area contributed by atoms with Gasteiger partial charge >= 0.3 is 0 Å². The van der Waals surface area contributed by atoms with Gasteiger partial charge in [-0.25, -0.2) is 0 Å². The second-order valence-electron chi connectivity index (χ2n) is 11.1. The number of nitrogens with zero attached hydrogens (tertiary/aromatic N) is 2. The van der Waals surface area contributed by atoms with Crippen molar-refractivity contribution in [3.05, 3.63) is 106 Å². The molecule has 0 amide bonds. The summed E-state index contributed by atoms with van der Waals surface area (Å²) in [4.78, 5) is 2.44. The Kier molecular flexibility index (Phi) is 7.06. The van der Waals surface area contributed by atoms with E-state index >= 15 is 0 Å². The summed E-state index contributed by atoms with van der Waals surface area (Å²) in [5, 5.41) is 0.903. The minimum atomic E-state index is -0.0340. The lowest BCUT2D eigenvalue weighted by atomic mass is 9.81. The van der Waals surface area contributed by atoms with Crippen LogP contribution in [0.4, 0.5) is 11.4 Å². The lowest BCUT2D eigenvalue weighted by Crippen LogP contribution is -2.27. The summed E-state index contributed by atoms with van der Waals surface area (Å²) in [5.74, 6) is 1.88. The normalized spacial score (nSPS) is 22.5. The van der Waals surface area contributed by atoms with Crippen LogP contribution in [0.3, 0.4) is 0 Å². The maximum absolute atomic E-state index is 7.06. The Hall–Kier alpha value is -2.49. The molecule has 0 bridgehead atoms. The highest BCUT2D eigenvalue weighted by Gasteiger charge is 2.43. The number of fused-ring (bicyclic) bond motifs is 2. The van der Waals surface area contributed by atoms with Crippen LogP contribution in [-0.2, 0) is 10.8 Å². The molecule has 0 radical (unpaired) electrons. The Labute approximate surface area is 232 Å². The zero-order valence-electron chi connectivity index (χ0n) is 22.9. The number of allylic oxidation sites excluding steroid dienone is 6. The first-order chi connectivity index (χ1) is 17.7. The highest BCUT2D eigenvalue weighted by atomic mass is 35.5. The average molecular weight is 530 g/mol. The van der Waals surface area contributed by atoms with Crippen molar-refractivity contribution < 1.29 is 4.58 Å². The van der Waals surface area contributed by atoms with E-state index in [0.29, 0.717) is 0 Å². The molecule has 2 aromatic carbocycles. The fraction of sp³-hybridized carbons (Fsp3) is 0.364. The predicted octanol–water partition coefficient (Wildman–Crippen LogP) is 8.51. The SMILES string of the molecule is CCN1/C(=C/C=C2\CSCC(/C=C/C3=[N+](CC)c4ccccc4C3(C)C)=C2Cl)C(C)(C)c2ccccc21. The van der Waals surface area contributed by atoms with Gasteiger partial charge in [-0.3, -0.25) is 0 Å². The zero-order chi connectivity index (χ0) is 26.4. The first-order valence-corrected chi connectivity index (χ1v) is 14.9. The molecule has 0 saturated carbocycles. The molecule has 2 aromatic rings. The minimum Gasteiger partial charge on any atom is -0.344 e. The van der Waals surface area contributed by atoms with E-state index in [1.54, 1.807) is 0 Å². The highest BCUT2D eigenvalue weighted by Crippen LogP contribution is 2.47. The number of likely N-dealkylation sites (N-methyl/N-ethyl adjacent to an activating group) is 1. The summed E-state index contributed by atoms with van der Waals surface area (Å²) in [6.07, 6.45) is 9.13. The van der Waals surface area contributed by atoms with E-state index in [1.807, 2.05) is 11.8 Å². The number of benzene rings is 2. The van der Waals surface area contributed by atoms with Gasteiger partial charge < -0.3 is 4.90 Å². The van der Waals surface area contributed by atoms with Gasteiger partial charge in [-0.1, -0.05) is 74.0 Å².